The van der Waals surface area contributed by atoms with Crippen molar-refractivity contribution in [1.29, 1.82) is 0 Å². The Kier molecular flexibility index (Phi) is 5.16. The molecule has 3 rings (SSSR count). The van der Waals surface area contributed by atoms with Gasteiger partial charge in [-0.25, -0.2) is 0 Å². The van der Waals surface area contributed by atoms with Crippen molar-refractivity contribution in [2.75, 3.05) is 28.4 Å². The number of ether oxygens (including phenoxy) is 4. The van der Waals surface area contributed by atoms with Gasteiger partial charge in [0.15, 0.2) is 17.3 Å². The SMILES string of the molecule is COc1ccc(/C=C2/C(=O)CCc3c2cc(OC)c(OC)c3OC)cc1. The molecule has 0 heterocycles. The molecular weight excluding hydrogens is 332 g/mol. The minimum absolute atomic E-state index is 0.0996. The maximum atomic E-state index is 12.6. The van der Waals surface area contributed by atoms with E-state index in [1.165, 1.54) is 0 Å². The highest BCUT2D eigenvalue weighted by molar-refractivity contribution is 6.27. The Balaban J connectivity index is 2.17. The Morgan fingerprint density at radius 3 is 2.12 bits per heavy atom. The first-order valence-corrected chi connectivity index (χ1v) is 8.34. The van der Waals surface area contributed by atoms with E-state index in [4.69, 9.17) is 18.9 Å². The number of hydrogen-bond donors (Lipinski definition) is 0. The molecule has 5 heteroatoms. The molecule has 0 fully saturated rings. The second-order valence-electron chi connectivity index (χ2n) is 5.93. The largest absolute Gasteiger partial charge is 0.497 e. The molecule has 0 amide bonds. The molecule has 0 saturated heterocycles. The lowest BCUT2D eigenvalue weighted by Crippen LogP contribution is -2.14. The summed E-state index contributed by atoms with van der Waals surface area (Å²) in [6.45, 7) is 0. The van der Waals surface area contributed by atoms with Crippen LogP contribution in [0.15, 0.2) is 30.3 Å². The van der Waals surface area contributed by atoms with Crippen LogP contribution in [0.5, 0.6) is 23.0 Å². The second-order valence-corrected chi connectivity index (χ2v) is 5.93. The van der Waals surface area contributed by atoms with Crippen LogP contribution in [-0.2, 0) is 11.2 Å². The van der Waals surface area contributed by atoms with Gasteiger partial charge in [-0.2, -0.15) is 0 Å². The summed E-state index contributed by atoms with van der Waals surface area (Å²) < 4.78 is 21.7. The minimum Gasteiger partial charge on any atom is -0.497 e. The van der Waals surface area contributed by atoms with E-state index in [1.807, 2.05) is 36.4 Å². The number of benzene rings is 2. The van der Waals surface area contributed by atoms with Crippen molar-refractivity contribution in [1.82, 2.24) is 0 Å². The Labute approximate surface area is 153 Å². The first-order valence-electron chi connectivity index (χ1n) is 8.34. The molecule has 0 spiro atoms. The molecule has 0 N–H and O–H groups in total. The van der Waals surface area contributed by atoms with Crippen LogP contribution in [0.1, 0.15) is 23.1 Å². The summed E-state index contributed by atoms with van der Waals surface area (Å²) in [4.78, 5) is 12.6. The highest BCUT2D eigenvalue weighted by Gasteiger charge is 2.28. The highest BCUT2D eigenvalue weighted by atomic mass is 16.5. The van der Waals surface area contributed by atoms with Crippen LogP contribution in [0.3, 0.4) is 0 Å². The van der Waals surface area contributed by atoms with Crippen molar-refractivity contribution >= 4 is 17.4 Å². The molecule has 26 heavy (non-hydrogen) atoms. The van der Waals surface area contributed by atoms with E-state index in [0.29, 0.717) is 35.7 Å². The van der Waals surface area contributed by atoms with Crippen LogP contribution in [0.2, 0.25) is 0 Å². The number of allylic oxidation sites excluding steroid dienone is 1. The van der Waals surface area contributed by atoms with Crippen molar-refractivity contribution in [2.24, 2.45) is 0 Å². The molecule has 5 nitrogen and oxygen atoms in total. The predicted octanol–water partition coefficient (Wildman–Crippen LogP) is 3.78. The van der Waals surface area contributed by atoms with Gasteiger partial charge in [0.2, 0.25) is 5.75 Å². The molecule has 136 valence electrons. The fourth-order valence-electron chi connectivity index (χ4n) is 3.25. The van der Waals surface area contributed by atoms with E-state index in [9.17, 15) is 4.79 Å². The minimum atomic E-state index is 0.0996. The summed E-state index contributed by atoms with van der Waals surface area (Å²) in [6.07, 6.45) is 2.93. The third kappa shape index (κ3) is 3.12. The Bertz CT molecular complexity index is 850. The molecule has 0 atom stereocenters. The lowest BCUT2D eigenvalue weighted by atomic mass is 9.84. The van der Waals surface area contributed by atoms with Crippen molar-refractivity contribution in [2.45, 2.75) is 12.8 Å². The quantitative estimate of drug-likeness (QED) is 0.765. The van der Waals surface area contributed by atoms with Crippen LogP contribution < -0.4 is 18.9 Å². The summed E-state index contributed by atoms with van der Waals surface area (Å²) in [7, 11) is 6.37. The summed E-state index contributed by atoms with van der Waals surface area (Å²) in [5.74, 6) is 2.58. The predicted molar refractivity (Wildman–Crippen MR) is 100 cm³/mol. The molecule has 2 aromatic rings. The van der Waals surface area contributed by atoms with E-state index in [1.54, 1.807) is 28.4 Å². The van der Waals surface area contributed by atoms with Gasteiger partial charge in [-0.3, -0.25) is 4.79 Å². The number of methoxy groups -OCH3 is 4. The zero-order valence-electron chi connectivity index (χ0n) is 15.4. The normalized spacial score (nSPS) is 14.8. The monoisotopic (exact) mass is 354 g/mol. The number of ketones is 1. The molecule has 0 aliphatic heterocycles. The third-order valence-corrected chi connectivity index (χ3v) is 4.55. The fourth-order valence-corrected chi connectivity index (χ4v) is 3.25. The average molecular weight is 354 g/mol. The summed E-state index contributed by atoms with van der Waals surface area (Å²) >= 11 is 0. The highest BCUT2D eigenvalue weighted by Crippen LogP contribution is 2.46. The van der Waals surface area contributed by atoms with E-state index >= 15 is 0 Å². The van der Waals surface area contributed by atoms with Gasteiger partial charge in [0.05, 0.1) is 28.4 Å². The molecule has 1 aliphatic rings. The average Bonchev–Trinajstić information content (AvgIpc) is 2.68. The number of fused-ring (bicyclic) bond motifs is 1. The van der Waals surface area contributed by atoms with Gasteiger partial charge in [0.25, 0.3) is 0 Å². The van der Waals surface area contributed by atoms with E-state index in [0.717, 1.165) is 22.4 Å². The van der Waals surface area contributed by atoms with Crippen molar-refractivity contribution in [3.05, 3.63) is 47.0 Å². The topological polar surface area (TPSA) is 54.0 Å². The smallest absolute Gasteiger partial charge is 0.203 e. The van der Waals surface area contributed by atoms with Crippen molar-refractivity contribution in [3.8, 4) is 23.0 Å². The zero-order chi connectivity index (χ0) is 18.7. The molecule has 0 bridgehead atoms. The molecule has 1 aliphatic carbocycles. The van der Waals surface area contributed by atoms with Crippen LogP contribution in [-0.4, -0.2) is 34.2 Å². The first kappa shape index (κ1) is 17.9. The first-order chi connectivity index (χ1) is 12.6. The van der Waals surface area contributed by atoms with E-state index in [-0.39, 0.29) is 5.78 Å². The molecule has 0 radical (unpaired) electrons. The maximum Gasteiger partial charge on any atom is 0.203 e. The molecule has 0 unspecified atom stereocenters. The van der Waals surface area contributed by atoms with Crippen molar-refractivity contribution in [3.63, 3.8) is 0 Å². The maximum absolute atomic E-state index is 12.6. The van der Waals surface area contributed by atoms with Gasteiger partial charge < -0.3 is 18.9 Å². The molecule has 2 aromatic carbocycles. The summed E-state index contributed by atoms with van der Waals surface area (Å²) in [5, 5.41) is 0. The fraction of sp³-hybridized carbons (Fsp3) is 0.286. The molecular formula is C21H22O5. The zero-order valence-corrected chi connectivity index (χ0v) is 15.4. The van der Waals surface area contributed by atoms with Gasteiger partial charge in [0, 0.05) is 17.6 Å². The summed E-state index contributed by atoms with van der Waals surface area (Å²) in [6, 6.07) is 9.44. The third-order valence-electron chi connectivity index (χ3n) is 4.55. The second kappa shape index (κ2) is 7.52. The molecule has 0 saturated carbocycles. The van der Waals surface area contributed by atoms with Crippen LogP contribution in [0, 0.1) is 0 Å². The van der Waals surface area contributed by atoms with Gasteiger partial charge in [-0.1, -0.05) is 12.1 Å². The number of hydrogen-bond acceptors (Lipinski definition) is 5. The van der Waals surface area contributed by atoms with Gasteiger partial charge in [-0.05, 0) is 41.8 Å². The number of carbonyl (C=O) groups is 1. The Morgan fingerprint density at radius 1 is 0.846 bits per heavy atom. The lowest BCUT2D eigenvalue weighted by molar-refractivity contribution is -0.113. The molecule has 0 aromatic heterocycles. The van der Waals surface area contributed by atoms with Crippen LogP contribution in [0.4, 0.5) is 0 Å². The number of Topliss-reactive ketones (excluding diaryl/α,β-unsaturated/α-hetero) is 1. The van der Waals surface area contributed by atoms with Gasteiger partial charge >= 0.3 is 0 Å². The van der Waals surface area contributed by atoms with Gasteiger partial charge in [-0.15, -0.1) is 0 Å². The van der Waals surface area contributed by atoms with E-state index in [2.05, 4.69) is 0 Å². The Morgan fingerprint density at radius 2 is 1.54 bits per heavy atom. The van der Waals surface area contributed by atoms with Gasteiger partial charge in [0.1, 0.15) is 5.75 Å². The summed E-state index contributed by atoms with van der Waals surface area (Å²) in [5.41, 5.74) is 3.36. The Hall–Kier alpha value is -2.95. The van der Waals surface area contributed by atoms with Crippen LogP contribution in [0.25, 0.3) is 11.6 Å². The van der Waals surface area contributed by atoms with Crippen LogP contribution >= 0.6 is 0 Å². The standard InChI is InChI=1S/C21H22O5/c1-23-14-7-5-13(6-8-14)11-17-16-12-19(24-2)21(26-4)20(25-3)15(16)9-10-18(17)22/h5-8,11-12H,9-10H2,1-4H3/b17-11+. The number of rotatable bonds is 5. The van der Waals surface area contributed by atoms with E-state index < -0.39 is 0 Å². The number of carbonyl (C=O) groups excluding carboxylic acids is 1. The lowest BCUT2D eigenvalue weighted by Gasteiger charge is -2.24. The van der Waals surface area contributed by atoms with Crippen molar-refractivity contribution < 1.29 is 23.7 Å².